The maximum atomic E-state index is 12.6. The zero-order valence-corrected chi connectivity index (χ0v) is 21.9. The first kappa shape index (κ1) is 27.0. The number of anilines is 2. The predicted octanol–water partition coefficient (Wildman–Crippen LogP) is 3.59. The summed E-state index contributed by atoms with van der Waals surface area (Å²) in [6.45, 7) is 6.21. The molecule has 0 aliphatic heterocycles. The molecule has 4 aromatic rings. The van der Waals surface area contributed by atoms with E-state index in [9.17, 15) is 9.59 Å². The smallest absolute Gasteiger partial charge is 0.226 e. The molecule has 4 N–H and O–H groups in total. The third-order valence-corrected chi connectivity index (χ3v) is 6.16. The van der Waals surface area contributed by atoms with Crippen LogP contribution < -0.4 is 16.4 Å². The Hall–Kier alpha value is -4.02. The van der Waals surface area contributed by atoms with E-state index >= 15 is 0 Å². The third-order valence-electron chi connectivity index (χ3n) is 6.16. The first-order chi connectivity index (χ1) is 18.4. The maximum absolute atomic E-state index is 12.6. The largest absolute Gasteiger partial charge is 0.330 e. The number of hydrogen-bond acceptors (Lipinski definition) is 8. The molecule has 10 heteroatoms. The number of rotatable bonds is 12. The van der Waals surface area contributed by atoms with Crippen LogP contribution in [0.2, 0.25) is 0 Å². The normalized spacial score (nSPS) is 11.3. The van der Waals surface area contributed by atoms with E-state index in [0.717, 1.165) is 41.5 Å². The molecule has 0 unspecified atom stereocenters. The van der Waals surface area contributed by atoms with Crippen molar-refractivity contribution in [2.75, 3.05) is 36.8 Å². The van der Waals surface area contributed by atoms with Gasteiger partial charge in [0.1, 0.15) is 11.6 Å². The lowest BCUT2D eigenvalue weighted by atomic mass is 10.2. The van der Waals surface area contributed by atoms with Crippen LogP contribution in [0.5, 0.6) is 0 Å². The molecule has 0 saturated heterocycles. The molecule has 4 rings (SSSR count). The van der Waals surface area contributed by atoms with Crippen molar-refractivity contribution in [3.63, 3.8) is 0 Å². The molecule has 4 heterocycles. The summed E-state index contributed by atoms with van der Waals surface area (Å²) >= 11 is 0. The van der Waals surface area contributed by atoms with Crippen LogP contribution in [0.15, 0.2) is 48.5 Å². The molecule has 0 radical (unpaired) electrons. The van der Waals surface area contributed by atoms with Crippen molar-refractivity contribution in [1.29, 1.82) is 0 Å². The summed E-state index contributed by atoms with van der Waals surface area (Å²) in [5, 5.41) is 7.56. The van der Waals surface area contributed by atoms with Crippen molar-refractivity contribution in [2.45, 2.75) is 39.5 Å². The number of amides is 2. The van der Waals surface area contributed by atoms with Crippen LogP contribution in [0.3, 0.4) is 0 Å². The molecule has 2 amide bonds. The topological polar surface area (TPSA) is 139 Å². The summed E-state index contributed by atoms with van der Waals surface area (Å²) in [6.07, 6.45) is 2.34. The minimum absolute atomic E-state index is 0.138. The molecule has 0 aromatic carbocycles. The van der Waals surface area contributed by atoms with Crippen LogP contribution in [-0.4, -0.2) is 62.8 Å². The molecule has 198 valence electrons. The number of unbranched alkanes of at least 4 members (excludes halogenated alkanes) is 1. The molecular weight excluding hydrogens is 480 g/mol. The van der Waals surface area contributed by atoms with Crippen molar-refractivity contribution in [3.05, 3.63) is 59.9 Å². The van der Waals surface area contributed by atoms with Gasteiger partial charge in [-0.25, -0.2) is 19.9 Å². The van der Waals surface area contributed by atoms with E-state index in [1.54, 1.807) is 12.1 Å². The highest BCUT2D eigenvalue weighted by Crippen LogP contribution is 2.15. The lowest BCUT2D eigenvalue weighted by Gasteiger charge is -2.21. The van der Waals surface area contributed by atoms with Gasteiger partial charge in [0.15, 0.2) is 11.3 Å². The summed E-state index contributed by atoms with van der Waals surface area (Å²) in [6, 6.07) is 15.1. The van der Waals surface area contributed by atoms with Gasteiger partial charge in [0.25, 0.3) is 0 Å². The van der Waals surface area contributed by atoms with E-state index in [1.165, 1.54) is 0 Å². The van der Waals surface area contributed by atoms with Gasteiger partial charge in [0.2, 0.25) is 11.8 Å². The molecule has 38 heavy (non-hydrogen) atoms. The van der Waals surface area contributed by atoms with Crippen LogP contribution >= 0.6 is 0 Å². The number of aryl methyl sites for hydroxylation is 2. The van der Waals surface area contributed by atoms with E-state index < -0.39 is 0 Å². The fraction of sp³-hybridized carbons (Fsp3) is 0.357. The molecule has 0 aliphatic rings. The second-order valence-corrected chi connectivity index (χ2v) is 9.33. The Labute approximate surface area is 222 Å². The first-order valence-corrected chi connectivity index (χ1v) is 12.9. The number of aromatic nitrogens is 4. The van der Waals surface area contributed by atoms with Gasteiger partial charge >= 0.3 is 0 Å². The number of pyridine rings is 4. The molecule has 0 bridgehead atoms. The van der Waals surface area contributed by atoms with Gasteiger partial charge in [-0.1, -0.05) is 0 Å². The van der Waals surface area contributed by atoms with E-state index in [2.05, 4.69) is 35.5 Å². The molecule has 0 spiro atoms. The minimum Gasteiger partial charge on any atom is -0.330 e. The number of carbonyl (C=O) groups excluding carboxylic acids is 2. The zero-order valence-electron chi connectivity index (χ0n) is 21.9. The summed E-state index contributed by atoms with van der Waals surface area (Å²) < 4.78 is 0. The third kappa shape index (κ3) is 7.74. The molecule has 0 saturated carbocycles. The van der Waals surface area contributed by atoms with Gasteiger partial charge in [-0.3, -0.25) is 9.59 Å². The van der Waals surface area contributed by atoms with Gasteiger partial charge in [-0.2, -0.15) is 0 Å². The number of hydrogen-bond donors (Lipinski definition) is 3. The Bertz CT molecular complexity index is 1320. The van der Waals surface area contributed by atoms with Crippen LogP contribution in [-0.2, 0) is 9.59 Å². The maximum Gasteiger partial charge on any atom is 0.226 e. The lowest BCUT2D eigenvalue weighted by molar-refractivity contribution is -0.116. The van der Waals surface area contributed by atoms with Gasteiger partial charge in [0.05, 0.1) is 0 Å². The summed E-state index contributed by atoms with van der Waals surface area (Å²) in [5.41, 5.74) is 8.60. The number of fused-ring (bicyclic) bond motifs is 2. The molecule has 0 atom stereocenters. The monoisotopic (exact) mass is 514 g/mol. The Morgan fingerprint density at radius 2 is 1.16 bits per heavy atom. The summed E-state index contributed by atoms with van der Waals surface area (Å²) in [4.78, 5) is 45.2. The highest BCUT2D eigenvalue weighted by molar-refractivity contribution is 5.92. The van der Waals surface area contributed by atoms with Gasteiger partial charge in [-0.05, 0) is 88.3 Å². The zero-order chi connectivity index (χ0) is 26.9. The predicted molar refractivity (Wildman–Crippen MR) is 150 cm³/mol. The van der Waals surface area contributed by atoms with Crippen molar-refractivity contribution >= 4 is 45.5 Å². The second kappa shape index (κ2) is 13.0. The molecule has 10 nitrogen and oxygen atoms in total. The SMILES string of the molecule is Cc1ccc2ccc(NC(=O)CCN(CCCCN)CCC(=O)Nc3ccc4ccc(C)nc4n3)nc2n1. The van der Waals surface area contributed by atoms with Crippen molar-refractivity contribution in [3.8, 4) is 0 Å². The highest BCUT2D eigenvalue weighted by atomic mass is 16.2. The molecule has 0 aliphatic carbocycles. The lowest BCUT2D eigenvalue weighted by Crippen LogP contribution is -2.32. The fourth-order valence-corrected chi connectivity index (χ4v) is 4.07. The van der Waals surface area contributed by atoms with Crippen LogP contribution in [0, 0.1) is 13.8 Å². The van der Waals surface area contributed by atoms with Crippen molar-refractivity contribution < 1.29 is 9.59 Å². The molecule has 0 fully saturated rings. The van der Waals surface area contributed by atoms with Gasteiger partial charge < -0.3 is 21.3 Å². The second-order valence-electron chi connectivity index (χ2n) is 9.33. The Balaban J connectivity index is 1.29. The Morgan fingerprint density at radius 3 is 1.63 bits per heavy atom. The summed E-state index contributed by atoms with van der Waals surface area (Å²) in [5.74, 6) is 0.673. The quantitative estimate of drug-likeness (QED) is 0.244. The number of nitrogens with two attached hydrogens (primary N) is 1. The highest BCUT2D eigenvalue weighted by Gasteiger charge is 2.13. The average Bonchev–Trinajstić information content (AvgIpc) is 2.89. The average molecular weight is 515 g/mol. The fourth-order valence-electron chi connectivity index (χ4n) is 4.07. The Morgan fingerprint density at radius 1 is 0.684 bits per heavy atom. The van der Waals surface area contributed by atoms with Gasteiger partial charge in [-0.15, -0.1) is 0 Å². The standard InChI is InChI=1S/C28H34N8O2/c1-19-5-7-21-9-11-23(34-27(21)30-19)32-25(37)13-17-36(16-4-3-15-29)18-14-26(38)33-24-12-10-22-8-6-20(2)31-28(22)35-24/h5-12H,3-4,13-18,29H2,1-2H3,(H,30,32,34,37)(H,31,33,35,38). The summed E-state index contributed by atoms with van der Waals surface area (Å²) in [7, 11) is 0. The van der Waals surface area contributed by atoms with E-state index in [0.29, 0.717) is 42.6 Å². The van der Waals surface area contributed by atoms with Crippen LogP contribution in [0.25, 0.3) is 22.1 Å². The Kier molecular flexibility index (Phi) is 9.23. The van der Waals surface area contributed by atoms with E-state index in [1.807, 2.05) is 50.2 Å². The van der Waals surface area contributed by atoms with Crippen molar-refractivity contribution in [2.24, 2.45) is 5.73 Å². The van der Waals surface area contributed by atoms with Gasteiger partial charge in [0, 0.05) is 48.1 Å². The van der Waals surface area contributed by atoms with E-state index in [-0.39, 0.29) is 24.7 Å². The molecule has 4 aromatic heterocycles. The number of carbonyl (C=O) groups is 2. The van der Waals surface area contributed by atoms with Crippen LogP contribution in [0.4, 0.5) is 11.6 Å². The van der Waals surface area contributed by atoms with E-state index in [4.69, 9.17) is 5.73 Å². The number of nitrogens with zero attached hydrogens (tertiary/aromatic N) is 5. The molecular formula is C28H34N8O2. The van der Waals surface area contributed by atoms with Crippen molar-refractivity contribution in [1.82, 2.24) is 24.8 Å². The van der Waals surface area contributed by atoms with Crippen LogP contribution in [0.1, 0.15) is 37.1 Å². The first-order valence-electron chi connectivity index (χ1n) is 12.9. The number of nitrogens with one attached hydrogen (secondary N) is 2. The minimum atomic E-state index is -0.138.